The van der Waals surface area contributed by atoms with Gasteiger partial charge in [-0.15, -0.1) is 0 Å². The van der Waals surface area contributed by atoms with Gasteiger partial charge in [-0.3, -0.25) is 0 Å². The molecule has 25 heavy (non-hydrogen) atoms. The van der Waals surface area contributed by atoms with Crippen LogP contribution in [-0.4, -0.2) is 0 Å². The van der Waals surface area contributed by atoms with Crippen molar-refractivity contribution in [2.45, 2.75) is 13.1 Å². The second-order valence-electron chi connectivity index (χ2n) is 5.63. The van der Waals surface area contributed by atoms with E-state index in [1.54, 1.807) is 18.2 Å². The Balaban J connectivity index is 2.01. The van der Waals surface area contributed by atoms with Crippen molar-refractivity contribution >= 4 is 0 Å². The Labute approximate surface area is 142 Å². The van der Waals surface area contributed by atoms with Crippen LogP contribution in [0.2, 0.25) is 0 Å². The first-order chi connectivity index (χ1) is 11.8. The first-order valence-corrected chi connectivity index (χ1v) is 7.54. The van der Waals surface area contributed by atoms with Crippen molar-refractivity contribution in [2.75, 3.05) is 0 Å². The van der Waals surface area contributed by atoms with E-state index in [1.165, 1.54) is 12.1 Å². The van der Waals surface area contributed by atoms with Gasteiger partial charge in [-0.2, -0.15) is 13.2 Å². The molecule has 1 nitrogen and oxygen atoms in total. The topological polar surface area (TPSA) is 9.23 Å². The fraction of sp³-hybridized carbons (Fsp3) is 0.100. The highest BCUT2D eigenvalue weighted by molar-refractivity contribution is 5.69. The van der Waals surface area contributed by atoms with Gasteiger partial charge in [0, 0.05) is 0 Å². The zero-order valence-electron chi connectivity index (χ0n) is 13.3. The summed E-state index contributed by atoms with van der Waals surface area (Å²) in [6.07, 6.45) is -4.57. The molecule has 0 aliphatic carbocycles. The smallest absolute Gasteiger partial charge is 0.417 e. The summed E-state index contributed by atoms with van der Waals surface area (Å²) < 4.78 is 58.8. The molecule has 0 radical (unpaired) electrons. The minimum Gasteiger partial charge on any atom is -0.457 e. The SMILES string of the molecule is Cc1cccc(Oc2cccc(-c3cc(F)ccc3C(F)(F)F)c2)c1. The van der Waals surface area contributed by atoms with Crippen LogP contribution in [0.3, 0.4) is 0 Å². The maximum atomic E-state index is 13.5. The standard InChI is InChI=1S/C20H14F4O/c1-13-4-2-6-16(10-13)25-17-7-3-5-14(11-17)18-12-15(21)8-9-19(18)20(22,23)24/h2-12H,1H3. The lowest BCUT2D eigenvalue weighted by Crippen LogP contribution is -2.07. The number of alkyl halides is 3. The van der Waals surface area contributed by atoms with Gasteiger partial charge >= 0.3 is 6.18 Å². The average molecular weight is 346 g/mol. The highest BCUT2D eigenvalue weighted by Crippen LogP contribution is 2.38. The molecule has 0 N–H and O–H groups in total. The van der Waals surface area contributed by atoms with Crippen molar-refractivity contribution in [3.8, 4) is 22.6 Å². The molecule has 0 spiro atoms. The predicted octanol–water partition coefficient (Wildman–Crippen LogP) is 6.61. The van der Waals surface area contributed by atoms with Gasteiger partial charge in [0.25, 0.3) is 0 Å². The Morgan fingerprint density at radius 3 is 2.16 bits per heavy atom. The lowest BCUT2D eigenvalue weighted by molar-refractivity contribution is -0.137. The summed E-state index contributed by atoms with van der Waals surface area (Å²) in [6.45, 7) is 1.91. The largest absolute Gasteiger partial charge is 0.457 e. The third-order valence-corrected chi connectivity index (χ3v) is 3.66. The number of hydrogen-bond acceptors (Lipinski definition) is 1. The summed E-state index contributed by atoms with van der Waals surface area (Å²) >= 11 is 0. The molecule has 128 valence electrons. The number of rotatable bonds is 3. The van der Waals surface area contributed by atoms with Crippen molar-refractivity contribution in [1.82, 2.24) is 0 Å². The first-order valence-electron chi connectivity index (χ1n) is 7.54. The zero-order chi connectivity index (χ0) is 18.0. The normalized spacial score (nSPS) is 11.4. The first kappa shape index (κ1) is 17.0. The highest BCUT2D eigenvalue weighted by Gasteiger charge is 2.33. The van der Waals surface area contributed by atoms with Crippen LogP contribution in [-0.2, 0) is 6.18 Å². The van der Waals surface area contributed by atoms with Gasteiger partial charge < -0.3 is 4.74 Å². The molecular formula is C20H14F4O. The van der Waals surface area contributed by atoms with Crippen LogP contribution < -0.4 is 4.74 Å². The van der Waals surface area contributed by atoms with Gasteiger partial charge in [-0.05, 0) is 66.1 Å². The fourth-order valence-corrected chi connectivity index (χ4v) is 2.54. The summed E-state index contributed by atoms with van der Waals surface area (Å²) in [5.74, 6) is 0.223. The van der Waals surface area contributed by atoms with Crippen LogP contribution in [0, 0.1) is 12.7 Å². The zero-order valence-corrected chi connectivity index (χ0v) is 13.3. The Morgan fingerprint density at radius 1 is 0.800 bits per heavy atom. The van der Waals surface area contributed by atoms with Crippen LogP contribution in [0.5, 0.6) is 11.5 Å². The molecule has 0 atom stereocenters. The molecule has 0 saturated carbocycles. The number of aryl methyl sites for hydroxylation is 1. The molecule has 3 rings (SSSR count). The molecule has 0 bridgehead atoms. The number of hydrogen-bond donors (Lipinski definition) is 0. The lowest BCUT2D eigenvalue weighted by atomic mass is 9.99. The van der Waals surface area contributed by atoms with Crippen LogP contribution >= 0.6 is 0 Å². The van der Waals surface area contributed by atoms with E-state index in [4.69, 9.17) is 4.74 Å². The number of benzene rings is 3. The van der Waals surface area contributed by atoms with E-state index in [0.29, 0.717) is 11.5 Å². The molecule has 5 heteroatoms. The Bertz CT molecular complexity index is 900. The quantitative estimate of drug-likeness (QED) is 0.485. The van der Waals surface area contributed by atoms with Crippen molar-refractivity contribution in [1.29, 1.82) is 0 Å². The van der Waals surface area contributed by atoms with Crippen LogP contribution in [0.15, 0.2) is 66.7 Å². The molecule has 3 aromatic carbocycles. The van der Waals surface area contributed by atoms with Crippen molar-refractivity contribution in [2.24, 2.45) is 0 Å². The summed E-state index contributed by atoms with van der Waals surface area (Å²) in [5, 5.41) is 0. The minimum absolute atomic E-state index is 0.220. The maximum Gasteiger partial charge on any atom is 0.417 e. The Morgan fingerprint density at radius 2 is 1.48 bits per heavy atom. The monoisotopic (exact) mass is 346 g/mol. The third-order valence-electron chi connectivity index (χ3n) is 3.66. The van der Waals surface area contributed by atoms with E-state index in [9.17, 15) is 17.6 Å². The van der Waals surface area contributed by atoms with E-state index in [-0.39, 0.29) is 11.1 Å². The minimum atomic E-state index is -4.57. The summed E-state index contributed by atoms with van der Waals surface area (Å²) in [7, 11) is 0. The maximum absolute atomic E-state index is 13.5. The van der Waals surface area contributed by atoms with E-state index < -0.39 is 17.6 Å². The average Bonchev–Trinajstić information content (AvgIpc) is 2.54. The van der Waals surface area contributed by atoms with Crippen molar-refractivity contribution in [3.05, 3.63) is 83.7 Å². The summed E-state index contributed by atoms with van der Waals surface area (Å²) in [4.78, 5) is 0. The molecule has 0 heterocycles. The molecule has 0 fully saturated rings. The summed E-state index contributed by atoms with van der Waals surface area (Å²) in [6, 6.07) is 15.9. The molecule has 0 aromatic heterocycles. The van der Waals surface area contributed by atoms with E-state index in [2.05, 4.69) is 0 Å². The predicted molar refractivity (Wildman–Crippen MR) is 88.1 cm³/mol. The Hall–Kier alpha value is -2.82. The number of ether oxygens (including phenoxy) is 1. The molecule has 3 aromatic rings. The second-order valence-corrected chi connectivity index (χ2v) is 5.63. The van der Waals surface area contributed by atoms with Gasteiger partial charge in [0.05, 0.1) is 5.56 Å². The molecule has 0 aliphatic rings. The van der Waals surface area contributed by atoms with Crippen LogP contribution in [0.4, 0.5) is 17.6 Å². The van der Waals surface area contributed by atoms with Crippen LogP contribution in [0.25, 0.3) is 11.1 Å². The summed E-state index contributed by atoms with van der Waals surface area (Å²) in [5.41, 5.74) is 0.124. The van der Waals surface area contributed by atoms with Crippen LogP contribution in [0.1, 0.15) is 11.1 Å². The second kappa shape index (κ2) is 6.59. The van der Waals surface area contributed by atoms with Crippen molar-refractivity contribution in [3.63, 3.8) is 0 Å². The van der Waals surface area contributed by atoms with Gasteiger partial charge in [0.15, 0.2) is 0 Å². The fourth-order valence-electron chi connectivity index (χ4n) is 2.54. The molecule has 0 amide bonds. The third kappa shape index (κ3) is 3.99. The Kier molecular flexibility index (Phi) is 4.49. The van der Waals surface area contributed by atoms with Crippen molar-refractivity contribution < 1.29 is 22.3 Å². The highest BCUT2D eigenvalue weighted by atomic mass is 19.4. The van der Waals surface area contributed by atoms with E-state index in [0.717, 1.165) is 23.8 Å². The van der Waals surface area contributed by atoms with Gasteiger partial charge in [0.1, 0.15) is 17.3 Å². The lowest BCUT2D eigenvalue weighted by Gasteiger charge is -2.14. The molecule has 0 aliphatic heterocycles. The number of halogens is 4. The molecule has 0 unspecified atom stereocenters. The van der Waals surface area contributed by atoms with E-state index in [1.807, 2.05) is 25.1 Å². The molecular weight excluding hydrogens is 332 g/mol. The van der Waals surface area contributed by atoms with Gasteiger partial charge in [-0.25, -0.2) is 4.39 Å². The van der Waals surface area contributed by atoms with Gasteiger partial charge in [0.2, 0.25) is 0 Å². The molecule has 0 saturated heterocycles. The van der Waals surface area contributed by atoms with E-state index >= 15 is 0 Å². The van der Waals surface area contributed by atoms with Gasteiger partial charge in [-0.1, -0.05) is 24.3 Å².